The molecule has 4 heterocycles. The zero-order valence-corrected chi connectivity index (χ0v) is 17.8. The predicted molar refractivity (Wildman–Crippen MR) is 111 cm³/mol. The van der Waals surface area contributed by atoms with Gasteiger partial charge in [-0.15, -0.1) is 12.4 Å². The van der Waals surface area contributed by atoms with Crippen LogP contribution in [0.1, 0.15) is 36.4 Å². The van der Waals surface area contributed by atoms with Crippen molar-refractivity contribution in [2.75, 3.05) is 45.9 Å². The first-order valence-corrected chi connectivity index (χ1v) is 11.7. The fourth-order valence-corrected chi connectivity index (χ4v) is 7.43. The molecule has 1 aromatic rings. The minimum absolute atomic E-state index is 0. The van der Waals surface area contributed by atoms with Gasteiger partial charge in [0.05, 0.1) is 13.2 Å². The number of ether oxygens (including phenoxy) is 1. The molecule has 0 bridgehead atoms. The van der Waals surface area contributed by atoms with E-state index in [1.54, 1.807) is 4.31 Å². The Labute approximate surface area is 174 Å². The van der Waals surface area contributed by atoms with E-state index in [4.69, 9.17) is 4.74 Å². The third-order valence-corrected chi connectivity index (χ3v) is 8.98. The van der Waals surface area contributed by atoms with Crippen molar-refractivity contribution in [1.29, 1.82) is 0 Å². The maximum Gasteiger partial charge on any atom is 0.282 e. The van der Waals surface area contributed by atoms with Crippen molar-refractivity contribution in [3.05, 3.63) is 35.4 Å². The molecule has 0 spiro atoms. The average molecular weight is 428 g/mol. The summed E-state index contributed by atoms with van der Waals surface area (Å²) in [7, 11) is -3.40. The van der Waals surface area contributed by atoms with E-state index in [0.29, 0.717) is 44.8 Å². The second-order valence-electron chi connectivity index (χ2n) is 8.29. The van der Waals surface area contributed by atoms with Crippen molar-refractivity contribution in [2.24, 2.45) is 5.92 Å². The lowest BCUT2D eigenvalue weighted by Gasteiger charge is -2.52. The summed E-state index contributed by atoms with van der Waals surface area (Å²) >= 11 is 0. The topological polar surface area (TPSA) is 53.1 Å². The van der Waals surface area contributed by atoms with Gasteiger partial charge in [-0.25, -0.2) is 0 Å². The molecule has 3 atom stereocenters. The van der Waals surface area contributed by atoms with Crippen LogP contribution < -0.4 is 0 Å². The first kappa shape index (κ1) is 20.6. The number of morpholine rings is 1. The lowest BCUT2D eigenvalue weighted by atomic mass is 9.77. The molecule has 0 aromatic heterocycles. The lowest BCUT2D eigenvalue weighted by Crippen LogP contribution is -2.60. The molecular weight excluding hydrogens is 398 g/mol. The van der Waals surface area contributed by atoms with Crippen LogP contribution >= 0.6 is 12.4 Å². The monoisotopic (exact) mass is 427 g/mol. The van der Waals surface area contributed by atoms with E-state index < -0.39 is 10.2 Å². The molecule has 8 heteroatoms. The highest BCUT2D eigenvalue weighted by Gasteiger charge is 2.47. The van der Waals surface area contributed by atoms with Crippen LogP contribution in [0.15, 0.2) is 24.3 Å². The highest BCUT2D eigenvalue weighted by atomic mass is 35.5. The summed E-state index contributed by atoms with van der Waals surface area (Å²) in [6.07, 6.45) is 4.15. The first-order chi connectivity index (χ1) is 13.1. The Morgan fingerprint density at radius 3 is 2.64 bits per heavy atom. The number of hydrogen-bond acceptors (Lipinski definition) is 4. The van der Waals surface area contributed by atoms with E-state index in [0.717, 1.165) is 38.8 Å². The molecule has 4 aliphatic heterocycles. The fourth-order valence-electron chi connectivity index (χ4n) is 5.57. The van der Waals surface area contributed by atoms with Crippen LogP contribution in [0.3, 0.4) is 0 Å². The zero-order valence-electron chi connectivity index (χ0n) is 16.2. The van der Waals surface area contributed by atoms with E-state index >= 15 is 0 Å². The number of rotatable bonds is 2. The van der Waals surface area contributed by atoms with Gasteiger partial charge in [-0.3, -0.25) is 4.90 Å². The highest BCUT2D eigenvalue weighted by molar-refractivity contribution is 7.86. The fraction of sp³-hybridized carbons (Fsp3) is 0.700. The summed E-state index contributed by atoms with van der Waals surface area (Å²) < 4.78 is 35.6. The summed E-state index contributed by atoms with van der Waals surface area (Å²) in [6, 6.07) is 9.21. The van der Waals surface area contributed by atoms with Gasteiger partial charge in [-0.2, -0.15) is 17.0 Å². The molecule has 6 nitrogen and oxygen atoms in total. The highest BCUT2D eigenvalue weighted by Crippen LogP contribution is 2.43. The maximum atomic E-state index is 13.4. The van der Waals surface area contributed by atoms with Crippen LogP contribution in [-0.2, 0) is 21.4 Å². The molecule has 0 aliphatic carbocycles. The molecule has 28 heavy (non-hydrogen) atoms. The van der Waals surface area contributed by atoms with Gasteiger partial charge >= 0.3 is 0 Å². The standard InChI is InChI=1S/C20H29N3O3S.ClH/c24-27(25,22-10-12-26-13-11-22)23-8-3-5-17-15-21-9-7-16-4-1-2-6-18(16)20(21)14-19(17)23;/h1-2,4,6,17,19-20H,3,5,7-15H2;1H/t17-,19+,20+;/m1./s1. The van der Waals surface area contributed by atoms with Gasteiger partial charge in [0.15, 0.2) is 0 Å². The Bertz CT molecular complexity index is 800. The Hall–Kier alpha value is -0.700. The second-order valence-corrected chi connectivity index (χ2v) is 10.2. The minimum Gasteiger partial charge on any atom is -0.379 e. The molecule has 0 N–H and O–H groups in total. The molecule has 0 radical (unpaired) electrons. The summed E-state index contributed by atoms with van der Waals surface area (Å²) in [5.74, 6) is 0.455. The van der Waals surface area contributed by atoms with Gasteiger partial charge in [-0.05, 0) is 42.7 Å². The third kappa shape index (κ3) is 3.50. The minimum atomic E-state index is -3.40. The number of nitrogens with zero attached hydrogens (tertiary/aromatic N) is 3. The van der Waals surface area contributed by atoms with Crippen molar-refractivity contribution in [3.63, 3.8) is 0 Å². The van der Waals surface area contributed by atoms with E-state index in [1.165, 1.54) is 11.1 Å². The van der Waals surface area contributed by atoms with Gasteiger partial charge in [-0.1, -0.05) is 24.3 Å². The first-order valence-electron chi connectivity index (χ1n) is 10.3. The van der Waals surface area contributed by atoms with Gasteiger partial charge < -0.3 is 4.74 Å². The summed E-state index contributed by atoms with van der Waals surface area (Å²) in [5, 5.41) is 0. The Morgan fingerprint density at radius 2 is 1.82 bits per heavy atom. The molecule has 4 aliphatic rings. The molecule has 1 aromatic carbocycles. The Balaban J connectivity index is 0.00000192. The second kappa shape index (κ2) is 8.20. The van der Waals surface area contributed by atoms with Crippen molar-refractivity contribution in [2.45, 2.75) is 37.8 Å². The van der Waals surface area contributed by atoms with Gasteiger partial charge in [0, 0.05) is 44.8 Å². The van der Waals surface area contributed by atoms with Crippen molar-refractivity contribution >= 4 is 22.6 Å². The molecule has 5 rings (SSSR count). The number of hydrogen-bond donors (Lipinski definition) is 0. The molecule has 3 fully saturated rings. The van der Waals surface area contributed by atoms with Crippen LogP contribution in [0.5, 0.6) is 0 Å². The summed E-state index contributed by atoms with van der Waals surface area (Å²) in [6.45, 7) is 4.76. The van der Waals surface area contributed by atoms with Crippen molar-refractivity contribution in [1.82, 2.24) is 13.5 Å². The quantitative estimate of drug-likeness (QED) is 0.725. The van der Waals surface area contributed by atoms with Gasteiger partial charge in [0.25, 0.3) is 10.2 Å². The summed E-state index contributed by atoms with van der Waals surface area (Å²) in [4.78, 5) is 2.61. The number of benzene rings is 1. The van der Waals surface area contributed by atoms with E-state index in [2.05, 4.69) is 29.2 Å². The van der Waals surface area contributed by atoms with Crippen molar-refractivity contribution < 1.29 is 13.2 Å². The Morgan fingerprint density at radius 1 is 1.04 bits per heavy atom. The molecule has 156 valence electrons. The Kier molecular flexibility index (Phi) is 6.03. The molecule has 0 saturated carbocycles. The van der Waals surface area contributed by atoms with Crippen LogP contribution in [0.25, 0.3) is 0 Å². The van der Waals surface area contributed by atoms with Crippen LogP contribution in [0.2, 0.25) is 0 Å². The molecular formula is C20H30ClN3O3S. The number of piperidine rings is 2. The summed E-state index contributed by atoms with van der Waals surface area (Å²) in [5.41, 5.74) is 2.85. The largest absolute Gasteiger partial charge is 0.379 e. The molecule has 0 amide bonds. The van der Waals surface area contributed by atoms with E-state index in [9.17, 15) is 8.42 Å². The SMILES string of the molecule is Cl.O=S(=O)(N1CCOCC1)N1CCC[C@@H]2CN3CCc4ccccc4[C@@H]3C[C@@H]21. The van der Waals surface area contributed by atoms with Gasteiger partial charge in [0.1, 0.15) is 0 Å². The van der Waals surface area contributed by atoms with Crippen LogP contribution in [-0.4, -0.2) is 73.9 Å². The van der Waals surface area contributed by atoms with Crippen LogP contribution in [0.4, 0.5) is 0 Å². The van der Waals surface area contributed by atoms with E-state index in [1.807, 2.05) is 4.31 Å². The number of fused-ring (bicyclic) bond motifs is 4. The third-order valence-electron chi connectivity index (χ3n) is 6.92. The van der Waals surface area contributed by atoms with E-state index in [-0.39, 0.29) is 18.4 Å². The zero-order chi connectivity index (χ0) is 18.4. The maximum absolute atomic E-state index is 13.4. The predicted octanol–water partition coefficient (Wildman–Crippen LogP) is 2.07. The smallest absolute Gasteiger partial charge is 0.282 e. The van der Waals surface area contributed by atoms with Gasteiger partial charge in [0.2, 0.25) is 0 Å². The van der Waals surface area contributed by atoms with Crippen molar-refractivity contribution in [3.8, 4) is 0 Å². The normalized spacial score (nSPS) is 31.9. The lowest BCUT2D eigenvalue weighted by molar-refractivity contribution is 0.0162. The molecule has 3 saturated heterocycles. The number of halogens is 1. The molecule has 0 unspecified atom stereocenters. The average Bonchev–Trinajstić information content (AvgIpc) is 2.72. The van der Waals surface area contributed by atoms with Crippen LogP contribution in [0, 0.1) is 5.92 Å².